The first-order valence-corrected chi connectivity index (χ1v) is 10.6. The van der Waals surface area contributed by atoms with Crippen LogP contribution in [0.4, 0.5) is 0 Å². The molecule has 11 nitrogen and oxygen atoms in total. The van der Waals surface area contributed by atoms with E-state index >= 15 is 0 Å². The predicted octanol–water partition coefficient (Wildman–Crippen LogP) is 2.51. The van der Waals surface area contributed by atoms with Gasteiger partial charge in [-0.05, 0) is 61.0 Å². The van der Waals surface area contributed by atoms with Gasteiger partial charge in [-0.15, -0.1) is 0 Å². The van der Waals surface area contributed by atoms with Crippen LogP contribution < -0.4 is 29.7 Å². The summed E-state index contributed by atoms with van der Waals surface area (Å²) in [6, 6.07) is 12.6. The zero-order valence-corrected chi connectivity index (χ0v) is 18.6. The number of carbonyl (C=O) groups is 3. The Morgan fingerprint density at radius 1 is 1.06 bits per heavy atom. The first kappa shape index (κ1) is 23.4. The lowest BCUT2D eigenvalue weighted by Gasteiger charge is -2.10. The molecule has 0 atom stereocenters. The van der Waals surface area contributed by atoms with Gasteiger partial charge in [0.05, 0.1) is 25.6 Å². The standard InChI is InChI=1S/C24H21N3O8/c1-2-31-20-10-15(5-7-18(20)35-24(30)19-4-3-9-32-19)12-26-27-22(28)13-25-23(29)16-6-8-17-21(11-16)34-14-33-17/h3-12H,2,13-14H2,1H3,(H,25,29)(H,27,28). The summed E-state index contributed by atoms with van der Waals surface area (Å²) >= 11 is 0. The molecule has 3 aromatic rings. The lowest BCUT2D eigenvalue weighted by Crippen LogP contribution is -2.34. The quantitative estimate of drug-likeness (QED) is 0.207. The molecule has 0 fully saturated rings. The van der Waals surface area contributed by atoms with Gasteiger partial charge in [0.1, 0.15) is 0 Å². The van der Waals surface area contributed by atoms with E-state index in [9.17, 15) is 14.4 Å². The van der Waals surface area contributed by atoms with E-state index in [-0.39, 0.29) is 24.8 Å². The number of rotatable bonds is 9. The van der Waals surface area contributed by atoms with Crippen LogP contribution in [-0.4, -0.2) is 43.9 Å². The summed E-state index contributed by atoms with van der Waals surface area (Å²) in [6.45, 7) is 1.95. The fourth-order valence-corrected chi connectivity index (χ4v) is 3.02. The van der Waals surface area contributed by atoms with Crippen molar-refractivity contribution in [3.8, 4) is 23.0 Å². The van der Waals surface area contributed by atoms with Crippen LogP contribution in [0.3, 0.4) is 0 Å². The third kappa shape index (κ3) is 5.96. The minimum Gasteiger partial charge on any atom is -0.490 e. The van der Waals surface area contributed by atoms with Gasteiger partial charge in [0, 0.05) is 5.56 Å². The lowest BCUT2D eigenvalue weighted by molar-refractivity contribution is -0.120. The minimum atomic E-state index is -0.660. The highest BCUT2D eigenvalue weighted by molar-refractivity contribution is 5.97. The third-order valence-electron chi connectivity index (χ3n) is 4.64. The molecule has 180 valence electrons. The number of carbonyl (C=O) groups excluding carboxylic acids is 3. The van der Waals surface area contributed by atoms with E-state index in [1.54, 1.807) is 49.4 Å². The summed E-state index contributed by atoms with van der Waals surface area (Å²) in [5, 5.41) is 6.39. The number of hydrogen-bond donors (Lipinski definition) is 2. The molecule has 0 saturated heterocycles. The Balaban J connectivity index is 1.30. The van der Waals surface area contributed by atoms with Gasteiger partial charge in [0.25, 0.3) is 11.8 Å². The highest BCUT2D eigenvalue weighted by Crippen LogP contribution is 2.32. The molecule has 0 aliphatic carbocycles. The molecule has 0 unspecified atom stereocenters. The van der Waals surface area contributed by atoms with E-state index < -0.39 is 17.8 Å². The zero-order chi connectivity index (χ0) is 24.6. The van der Waals surface area contributed by atoms with Crippen molar-refractivity contribution in [2.45, 2.75) is 6.92 Å². The van der Waals surface area contributed by atoms with E-state index in [1.165, 1.54) is 18.5 Å². The van der Waals surface area contributed by atoms with Gasteiger partial charge in [-0.1, -0.05) is 0 Å². The molecule has 1 aliphatic rings. The van der Waals surface area contributed by atoms with Gasteiger partial charge in [-0.2, -0.15) is 5.10 Å². The van der Waals surface area contributed by atoms with Crippen LogP contribution in [0.2, 0.25) is 0 Å². The Morgan fingerprint density at radius 3 is 2.71 bits per heavy atom. The second kappa shape index (κ2) is 10.9. The summed E-state index contributed by atoms with van der Waals surface area (Å²) in [4.78, 5) is 36.4. The first-order valence-electron chi connectivity index (χ1n) is 10.6. The van der Waals surface area contributed by atoms with Crippen LogP contribution >= 0.6 is 0 Å². The first-order chi connectivity index (χ1) is 17.0. The van der Waals surface area contributed by atoms with Crippen molar-refractivity contribution in [1.29, 1.82) is 0 Å². The molecular formula is C24H21N3O8. The van der Waals surface area contributed by atoms with Crippen LogP contribution in [-0.2, 0) is 4.79 Å². The number of ether oxygens (including phenoxy) is 4. The lowest BCUT2D eigenvalue weighted by atomic mass is 10.2. The fraction of sp³-hybridized carbons (Fsp3) is 0.167. The average Bonchev–Trinajstić information content (AvgIpc) is 3.56. The molecule has 1 aliphatic heterocycles. The zero-order valence-electron chi connectivity index (χ0n) is 18.6. The van der Waals surface area contributed by atoms with E-state index in [4.69, 9.17) is 23.4 Å². The van der Waals surface area contributed by atoms with Crippen LogP contribution in [0.15, 0.2) is 64.3 Å². The Kier molecular flexibility index (Phi) is 7.26. The molecule has 0 bridgehead atoms. The van der Waals surface area contributed by atoms with Gasteiger partial charge in [-0.3, -0.25) is 9.59 Å². The number of hydrogen-bond acceptors (Lipinski definition) is 9. The summed E-state index contributed by atoms with van der Waals surface area (Å²) in [7, 11) is 0. The molecule has 0 radical (unpaired) electrons. The maximum atomic E-state index is 12.2. The highest BCUT2D eigenvalue weighted by Gasteiger charge is 2.17. The summed E-state index contributed by atoms with van der Waals surface area (Å²) in [6.07, 6.45) is 2.76. The Bertz CT molecular complexity index is 1250. The average molecular weight is 479 g/mol. The molecule has 4 rings (SSSR count). The predicted molar refractivity (Wildman–Crippen MR) is 122 cm³/mol. The maximum Gasteiger partial charge on any atom is 0.379 e. The molecular weight excluding hydrogens is 458 g/mol. The summed E-state index contributed by atoms with van der Waals surface area (Å²) in [5.41, 5.74) is 3.24. The molecule has 2 aromatic carbocycles. The maximum absolute atomic E-state index is 12.2. The van der Waals surface area contributed by atoms with Gasteiger partial charge in [-0.25, -0.2) is 10.2 Å². The number of furan rings is 1. The van der Waals surface area contributed by atoms with Crippen molar-refractivity contribution in [2.75, 3.05) is 19.9 Å². The highest BCUT2D eigenvalue weighted by atomic mass is 16.7. The topological polar surface area (TPSA) is 138 Å². The number of nitrogens with zero attached hydrogens (tertiary/aromatic N) is 1. The molecule has 1 aromatic heterocycles. The second-order valence-electron chi connectivity index (χ2n) is 7.05. The molecule has 0 spiro atoms. The Hall–Kier alpha value is -4.80. The number of esters is 1. The number of fused-ring (bicyclic) bond motifs is 1. The normalized spacial score (nSPS) is 11.8. The van der Waals surface area contributed by atoms with Crippen molar-refractivity contribution in [1.82, 2.24) is 10.7 Å². The molecule has 2 heterocycles. The van der Waals surface area contributed by atoms with Crippen molar-refractivity contribution in [2.24, 2.45) is 5.10 Å². The number of benzene rings is 2. The Morgan fingerprint density at radius 2 is 1.91 bits per heavy atom. The van der Waals surface area contributed by atoms with Gasteiger partial charge < -0.3 is 28.7 Å². The number of nitrogens with one attached hydrogen (secondary N) is 2. The Labute approximate surface area is 199 Å². The molecule has 2 amide bonds. The van der Waals surface area contributed by atoms with Crippen molar-refractivity contribution in [3.63, 3.8) is 0 Å². The van der Waals surface area contributed by atoms with Gasteiger partial charge in [0.15, 0.2) is 23.0 Å². The second-order valence-corrected chi connectivity index (χ2v) is 7.05. The fourth-order valence-electron chi connectivity index (χ4n) is 3.02. The number of amides is 2. The van der Waals surface area contributed by atoms with Crippen LogP contribution in [0.25, 0.3) is 0 Å². The molecule has 35 heavy (non-hydrogen) atoms. The van der Waals surface area contributed by atoms with Crippen LogP contribution in [0.1, 0.15) is 33.4 Å². The van der Waals surface area contributed by atoms with E-state index in [0.29, 0.717) is 35.0 Å². The van der Waals surface area contributed by atoms with Gasteiger partial charge in [0.2, 0.25) is 12.6 Å². The van der Waals surface area contributed by atoms with Crippen molar-refractivity contribution >= 4 is 24.0 Å². The van der Waals surface area contributed by atoms with Gasteiger partial charge >= 0.3 is 5.97 Å². The summed E-state index contributed by atoms with van der Waals surface area (Å²) < 4.78 is 26.3. The van der Waals surface area contributed by atoms with Crippen LogP contribution in [0.5, 0.6) is 23.0 Å². The van der Waals surface area contributed by atoms with E-state index in [2.05, 4.69) is 15.8 Å². The molecule has 0 saturated carbocycles. The van der Waals surface area contributed by atoms with Crippen molar-refractivity contribution in [3.05, 3.63) is 71.7 Å². The van der Waals surface area contributed by atoms with E-state index in [0.717, 1.165) is 0 Å². The molecule has 11 heteroatoms. The third-order valence-corrected chi connectivity index (χ3v) is 4.64. The monoisotopic (exact) mass is 479 g/mol. The largest absolute Gasteiger partial charge is 0.490 e. The van der Waals surface area contributed by atoms with E-state index in [1.807, 2.05) is 0 Å². The van der Waals surface area contributed by atoms with Crippen LogP contribution in [0, 0.1) is 0 Å². The summed E-state index contributed by atoms with van der Waals surface area (Å²) in [5.74, 6) is -0.00394. The minimum absolute atomic E-state index is 0.0615. The SMILES string of the molecule is CCOc1cc(C=NNC(=O)CNC(=O)c2ccc3c(c2)OCO3)ccc1OC(=O)c1ccco1. The van der Waals surface area contributed by atoms with Crippen molar-refractivity contribution < 1.29 is 37.7 Å². The smallest absolute Gasteiger partial charge is 0.379 e. The molecule has 2 N–H and O–H groups in total. The number of hydrazone groups is 1.